The van der Waals surface area contributed by atoms with Crippen molar-refractivity contribution in [3.63, 3.8) is 0 Å². The number of ether oxygens (including phenoxy) is 1. The van der Waals surface area contributed by atoms with Gasteiger partial charge in [-0.1, -0.05) is 23.8 Å². The number of aliphatic imine (C=N–C) groups is 1. The van der Waals surface area contributed by atoms with Crippen molar-refractivity contribution in [2.75, 3.05) is 26.7 Å². The summed E-state index contributed by atoms with van der Waals surface area (Å²) in [5.74, 6) is 1.20. The van der Waals surface area contributed by atoms with E-state index in [0.29, 0.717) is 19.7 Å². The number of rotatable bonds is 8. The summed E-state index contributed by atoms with van der Waals surface area (Å²) in [5, 5.41) is 12.4. The summed E-state index contributed by atoms with van der Waals surface area (Å²) in [6.45, 7) is 6.08. The van der Waals surface area contributed by atoms with E-state index in [1.807, 2.05) is 50.1 Å². The van der Waals surface area contributed by atoms with Gasteiger partial charge < -0.3 is 20.1 Å². The second-order valence-electron chi connectivity index (χ2n) is 6.34. The third-order valence-corrected chi connectivity index (χ3v) is 4.10. The molecule has 28 heavy (non-hydrogen) atoms. The molecule has 0 aromatic heterocycles. The van der Waals surface area contributed by atoms with Gasteiger partial charge in [0.1, 0.15) is 18.2 Å². The number of benzene rings is 2. The number of aliphatic hydroxyl groups excluding tert-OH is 1. The van der Waals surface area contributed by atoms with Gasteiger partial charge in [0.2, 0.25) is 0 Å². The Balaban J connectivity index is 0.00000392. The average Bonchev–Trinajstić information content (AvgIpc) is 2.67. The Morgan fingerprint density at radius 3 is 2.57 bits per heavy atom. The quantitative estimate of drug-likeness (QED) is 0.329. The molecule has 5 nitrogen and oxygen atoms in total. The van der Waals surface area contributed by atoms with Crippen LogP contribution in [0.1, 0.15) is 23.6 Å². The zero-order chi connectivity index (χ0) is 19.6. The molecule has 2 N–H and O–H groups in total. The molecule has 0 atom stereocenters. The van der Waals surface area contributed by atoms with Crippen molar-refractivity contribution < 1.29 is 14.2 Å². The van der Waals surface area contributed by atoms with Crippen LogP contribution in [0.3, 0.4) is 0 Å². The number of aryl methyl sites for hydroxylation is 1. The lowest BCUT2D eigenvalue weighted by atomic mass is 10.1. The van der Waals surface area contributed by atoms with Crippen molar-refractivity contribution >= 4 is 29.9 Å². The van der Waals surface area contributed by atoms with E-state index in [9.17, 15) is 9.50 Å². The van der Waals surface area contributed by atoms with Crippen LogP contribution in [-0.4, -0.2) is 42.7 Å². The summed E-state index contributed by atoms with van der Waals surface area (Å²) >= 11 is 0. The lowest BCUT2D eigenvalue weighted by Gasteiger charge is -2.22. The summed E-state index contributed by atoms with van der Waals surface area (Å²) in [4.78, 5) is 6.59. The predicted octanol–water partition coefficient (Wildman–Crippen LogP) is 3.72. The molecule has 0 aliphatic carbocycles. The summed E-state index contributed by atoms with van der Waals surface area (Å²) in [7, 11) is 1.95. The van der Waals surface area contributed by atoms with Crippen LogP contribution in [0, 0.1) is 12.7 Å². The van der Waals surface area contributed by atoms with Gasteiger partial charge in [0.15, 0.2) is 5.96 Å². The summed E-state index contributed by atoms with van der Waals surface area (Å²) < 4.78 is 19.3. The Kier molecular flexibility index (Phi) is 10.8. The average molecular weight is 501 g/mol. The van der Waals surface area contributed by atoms with Crippen LogP contribution in [0.4, 0.5) is 4.39 Å². The van der Waals surface area contributed by atoms with Crippen molar-refractivity contribution in [2.24, 2.45) is 4.99 Å². The highest BCUT2D eigenvalue weighted by Gasteiger charge is 2.07. The topological polar surface area (TPSA) is 57.1 Å². The van der Waals surface area contributed by atoms with E-state index in [4.69, 9.17) is 4.74 Å². The molecule has 0 heterocycles. The molecular formula is C21H29FIN3O2. The molecule has 0 amide bonds. The van der Waals surface area contributed by atoms with E-state index in [1.54, 1.807) is 12.1 Å². The van der Waals surface area contributed by atoms with Gasteiger partial charge in [-0.05, 0) is 43.7 Å². The number of aliphatic hydroxyl groups is 1. The second-order valence-corrected chi connectivity index (χ2v) is 6.34. The molecule has 2 aromatic rings. The first-order valence-corrected chi connectivity index (χ1v) is 9.10. The van der Waals surface area contributed by atoms with Crippen LogP contribution in [0.5, 0.6) is 5.75 Å². The van der Waals surface area contributed by atoms with Crippen molar-refractivity contribution in [3.8, 4) is 5.75 Å². The highest BCUT2D eigenvalue weighted by atomic mass is 127. The standard InChI is InChI=1S/C21H28FN3O2.HI/c1-4-23-21(24-14-17-7-10-20(22)18(13-17)15-26)25(3)11-12-27-19-8-5-16(2)6-9-19;/h5-10,13,26H,4,11-12,14-15H2,1-3H3,(H,23,24);1H. The first-order valence-electron chi connectivity index (χ1n) is 9.10. The molecule has 0 spiro atoms. The largest absolute Gasteiger partial charge is 0.492 e. The fourth-order valence-electron chi connectivity index (χ4n) is 2.52. The van der Waals surface area contributed by atoms with E-state index in [1.165, 1.54) is 11.6 Å². The number of nitrogens with zero attached hydrogens (tertiary/aromatic N) is 2. The van der Waals surface area contributed by atoms with Gasteiger partial charge in [-0.25, -0.2) is 9.38 Å². The third kappa shape index (κ3) is 7.63. The Bertz CT molecular complexity index is 754. The highest BCUT2D eigenvalue weighted by molar-refractivity contribution is 14.0. The zero-order valence-corrected chi connectivity index (χ0v) is 18.9. The molecule has 154 valence electrons. The van der Waals surface area contributed by atoms with Gasteiger partial charge in [-0.15, -0.1) is 24.0 Å². The minimum Gasteiger partial charge on any atom is -0.492 e. The lowest BCUT2D eigenvalue weighted by molar-refractivity contribution is 0.275. The molecule has 0 aliphatic rings. The van der Waals surface area contributed by atoms with Gasteiger partial charge in [-0.3, -0.25) is 0 Å². The molecule has 7 heteroatoms. The minimum absolute atomic E-state index is 0. The summed E-state index contributed by atoms with van der Waals surface area (Å²) in [6, 6.07) is 12.7. The number of hydrogen-bond acceptors (Lipinski definition) is 3. The maximum atomic E-state index is 13.5. The third-order valence-electron chi connectivity index (χ3n) is 4.10. The molecule has 0 saturated carbocycles. The molecule has 0 fully saturated rings. The Morgan fingerprint density at radius 1 is 1.21 bits per heavy atom. The summed E-state index contributed by atoms with van der Waals surface area (Å²) in [6.07, 6.45) is 0. The Morgan fingerprint density at radius 2 is 1.93 bits per heavy atom. The molecule has 2 aromatic carbocycles. The van der Waals surface area contributed by atoms with Crippen LogP contribution in [0.15, 0.2) is 47.5 Å². The van der Waals surface area contributed by atoms with Crippen molar-refractivity contribution in [1.82, 2.24) is 10.2 Å². The second kappa shape index (κ2) is 12.6. The van der Waals surface area contributed by atoms with Crippen molar-refractivity contribution in [3.05, 3.63) is 65.0 Å². The molecule has 0 aliphatic heterocycles. The number of likely N-dealkylation sites (N-methyl/N-ethyl adjacent to an activating group) is 1. The van der Waals surface area contributed by atoms with E-state index in [0.717, 1.165) is 23.8 Å². The predicted molar refractivity (Wildman–Crippen MR) is 122 cm³/mol. The fraction of sp³-hybridized carbons (Fsp3) is 0.381. The molecule has 0 unspecified atom stereocenters. The van der Waals surface area contributed by atoms with Crippen LogP contribution in [0.2, 0.25) is 0 Å². The van der Waals surface area contributed by atoms with Gasteiger partial charge in [0.25, 0.3) is 0 Å². The van der Waals surface area contributed by atoms with Gasteiger partial charge >= 0.3 is 0 Å². The maximum Gasteiger partial charge on any atom is 0.194 e. The molecule has 0 radical (unpaired) electrons. The number of hydrogen-bond donors (Lipinski definition) is 2. The van der Waals surface area contributed by atoms with Crippen LogP contribution in [0.25, 0.3) is 0 Å². The van der Waals surface area contributed by atoms with Crippen LogP contribution < -0.4 is 10.1 Å². The highest BCUT2D eigenvalue weighted by Crippen LogP contribution is 2.12. The maximum absolute atomic E-state index is 13.5. The lowest BCUT2D eigenvalue weighted by Crippen LogP contribution is -2.40. The van der Waals surface area contributed by atoms with Gasteiger partial charge in [0, 0.05) is 19.2 Å². The Labute approximate surface area is 183 Å². The van der Waals surface area contributed by atoms with E-state index in [2.05, 4.69) is 10.3 Å². The first-order chi connectivity index (χ1) is 13.0. The minimum atomic E-state index is -0.400. The van der Waals surface area contributed by atoms with E-state index in [-0.39, 0.29) is 36.1 Å². The van der Waals surface area contributed by atoms with Crippen LogP contribution >= 0.6 is 24.0 Å². The van der Waals surface area contributed by atoms with E-state index < -0.39 is 5.82 Å². The zero-order valence-electron chi connectivity index (χ0n) is 16.6. The number of guanidine groups is 1. The normalized spacial score (nSPS) is 11.0. The van der Waals surface area contributed by atoms with Crippen molar-refractivity contribution in [1.29, 1.82) is 0 Å². The van der Waals surface area contributed by atoms with Crippen LogP contribution in [-0.2, 0) is 13.2 Å². The molecular weight excluding hydrogens is 472 g/mol. The number of halogens is 2. The Hall–Kier alpha value is -1.87. The monoisotopic (exact) mass is 501 g/mol. The van der Waals surface area contributed by atoms with Crippen molar-refractivity contribution in [2.45, 2.75) is 27.0 Å². The van der Waals surface area contributed by atoms with Gasteiger partial charge in [0.05, 0.1) is 19.7 Å². The SMILES string of the molecule is CCNC(=NCc1ccc(F)c(CO)c1)N(C)CCOc1ccc(C)cc1.I. The first kappa shape index (κ1) is 24.2. The van der Waals surface area contributed by atoms with Gasteiger partial charge in [-0.2, -0.15) is 0 Å². The molecule has 2 rings (SSSR count). The molecule has 0 saturated heterocycles. The molecule has 0 bridgehead atoms. The van der Waals surface area contributed by atoms with E-state index >= 15 is 0 Å². The fourth-order valence-corrected chi connectivity index (χ4v) is 2.52. The smallest absolute Gasteiger partial charge is 0.194 e. The number of nitrogens with one attached hydrogen (secondary N) is 1. The summed E-state index contributed by atoms with van der Waals surface area (Å²) in [5.41, 5.74) is 2.33.